The molecule has 0 spiro atoms. The molecule has 2 aromatic rings. The van der Waals surface area contributed by atoms with Gasteiger partial charge in [0.2, 0.25) is 5.91 Å². The van der Waals surface area contributed by atoms with Crippen molar-refractivity contribution in [1.29, 1.82) is 0 Å². The van der Waals surface area contributed by atoms with E-state index in [1.165, 1.54) is 0 Å². The summed E-state index contributed by atoms with van der Waals surface area (Å²) < 4.78 is 5.52. The van der Waals surface area contributed by atoms with Crippen LogP contribution < -0.4 is 10.6 Å². The van der Waals surface area contributed by atoms with Gasteiger partial charge >= 0.3 is 12.1 Å². The van der Waals surface area contributed by atoms with Crippen LogP contribution in [0.3, 0.4) is 0 Å². The van der Waals surface area contributed by atoms with Crippen molar-refractivity contribution >= 4 is 18.0 Å². The fourth-order valence-electron chi connectivity index (χ4n) is 4.11. The average Bonchev–Trinajstić information content (AvgIpc) is 3.12. The summed E-state index contributed by atoms with van der Waals surface area (Å²) >= 11 is 0. The van der Waals surface area contributed by atoms with Crippen LogP contribution in [0.15, 0.2) is 48.5 Å². The van der Waals surface area contributed by atoms with Crippen molar-refractivity contribution in [1.82, 2.24) is 10.6 Å². The van der Waals surface area contributed by atoms with Crippen LogP contribution in [0.4, 0.5) is 4.79 Å². The third-order valence-corrected chi connectivity index (χ3v) is 5.91. The molecule has 170 valence electrons. The first-order valence-electron chi connectivity index (χ1n) is 11.1. The quantitative estimate of drug-likeness (QED) is 0.519. The minimum Gasteiger partial charge on any atom is -0.481 e. The van der Waals surface area contributed by atoms with E-state index in [1.54, 1.807) is 6.92 Å². The van der Waals surface area contributed by atoms with Crippen LogP contribution in [0.2, 0.25) is 0 Å². The van der Waals surface area contributed by atoms with E-state index in [-0.39, 0.29) is 30.9 Å². The molecule has 0 radical (unpaired) electrons. The number of carboxylic acid groups (broad SMARTS) is 1. The zero-order valence-corrected chi connectivity index (χ0v) is 18.5. The van der Waals surface area contributed by atoms with Crippen LogP contribution in [-0.4, -0.2) is 41.8 Å². The molecule has 7 heteroatoms. The van der Waals surface area contributed by atoms with Crippen LogP contribution >= 0.6 is 0 Å². The first-order chi connectivity index (χ1) is 15.4. The van der Waals surface area contributed by atoms with Crippen LogP contribution in [0, 0.1) is 0 Å². The van der Waals surface area contributed by atoms with Gasteiger partial charge in [-0.1, -0.05) is 62.4 Å². The summed E-state index contributed by atoms with van der Waals surface area (Å²) in [6.45, 7) is 3.85. The molecule has 2 atom stereocenters. The van der Waals surface area contributed by atoms with Gasteiger partial charge in [0, 0.05) is 18.4 Å². The minimum atomic E-state index is -0.901. The number of benzene rings is 2. The zero-order valence-electron chi connectivity index (χ0n) is 18.5. The van der Waals surface area contributed by atoms with E-state index in [9.17, 15) is 14.4 Å². The highest BCUT2D eigenvalue weighted by atomic mass is 16.5. The second kappa shape index (κ2) is 10.8. The summed E-state index contributed by atoms with van der Waals surface area (Å²) in [7, 11) is 0. The Morgan fingerprint density at radius 3 is 2.06 bits per heavy atom. The van der Waals surface area contributed by atoms with E-state index >= 15 is 0 Å². The highest BCUT2D eigenvalue weighted by Crippen LogP contribution is 2.44. The molecule has 1 aliphatic rings. The predicted octanol–water partition coefficient (Wildman–Crippen LogP) is 4.06. The SMILES string of the molecule is CCC(CCC(=O)O)NC(=O)C(CC)NC(=O)OCC1c2ccccc2-c2ccccc21. The zero-order chi connectivity index (χ0) is 23.1. The fourth-order valence-corrected chi connectivity index (χ4v) is 4.11. The number of ether oxygens (including phenoxy) is 1. The maximum Gasteiger partial charge on any atom is 0.407 e. The second-order valence-corrected chi connectivity index (χ2v) is 7.98. The number of rotatable bonds is 10. The molecule has 1 aliphatic carbocycles. The van der Waals surface area contributed by atoms with E-state index in [4.69, 9.17) is 9.84 Å². The lowest BCUT2D eigenvalue weighted by atomic mass is 9.98. The Bertz CT molecular complexity index is 929. The lowest BCUT2D eigenvalue weighted by Crippen LogP contribution is -2.49. The molecule has 0 fully saturated rings. The largest absolute Gasteiger partial charge is 0.481 e. The van der Waals surface area contributed by atoms with Gasteiger partial charge in [0.05, 0.1) is 0 Å². The summed E-state index contributed by atoms with van der Waals surface area (Å²) in [5.41, 5.74) is 4.54. The van der Waals surface area contributed by atoms with Crippen molar-refractivity contribution in [2.24, 2.45) is 0 Å². The monoisotopic (exact) mass is 438 g/mol. The Morgan fingerprint density at radius 1 is 0.938 bits per heavy atom. The third kappa shape index (κ3) is 5.46. The lowest BCUT2D eigenvalue weighted by molar-refractivity contribution is -0.137. The van der Waals surface area contributed by atoms with Gasteiger partial charge in [0.25, 0.3) is 0 Å². The smallest absolute Gasteiger partial charge is 0.407 e. The van der Waals surface area contributed by atoms with Crippen LogP contribution in [0.25, 0.3) is 11.1 Å². The van der Waals surface area contributed by atoms with E-state index in [0.717, 1.165) is 22.3 Å². The van der Waals surface area contributed by atoms with E-state index in [0.29, 0.717) is 19.3 Å². The number of hydrogen-bond acceptors (Lipinski definition) is 4. The topological polar surface area (TPSA) is 105 Å². The van der Waals surface area contributed by atoms with E-state index in [1.807, 2.05) is 43.3 Å². The molecule has 0 saturated carbocycles. The number of carbonyl (C=O) groups is 3. The predicted molar refractivity (Wildman–Crippen MR) is 121 cm³/mol. The van der Waals surface area contributed by atoms with Crippen molar-refractivity contribution in [2.45, 2.75) is 57.5 Å². The van der Waals surface area contributed by atoms with Gasteiger partial charge in [0.15, 0.2) is 0 Å². The fraction of sp³-hybridized carbons (Fsp3) is 0.400. The Labute approximate surface area is 188 Å². The molecule has 3 N–H and O–H groups in total. The molecule has 0 bridgehead atoms. The Balaban J connectivity index is 1.58. The number of nitrogens with one attached hydrogen (secondary N) is 2. The summed E-state index contributed by atoms with van der Waals surface area (Å²) in [6.07, 6.45) is 0.688. The summed E-state index contributed by atoms with van der Waals surface area (Å²) in [5.74, 6) is -1.29. The number of hydrogen-bond donors (Lipinski definition) is 3. The van der Waals surface area contributed by atoms with Gasteiger partial charge in [-0.25, -0.2) is 4.79 Å². The molecule has 3 rings (SSSR count). The normalized spacial score (nSPS) is 14.1. The maximum absolute atomic E-state index is 12.6. The molecule has 7 nitrogen and oxygen atoms in total. The van der Waals surface area contributed by atoms with Gasteiger partial charge in [-0.05, 0) is 41.5 Å². The van der Waals surface area contributed by atoms with Crippen molar-refractivity contribution in [3.8, 4) is 11.1 Å². The first kappa shape index (κ1) is 23.3. The summed E-state index contributed by atoms with van der Waals surface area (Å²) in [4.78, 5) is 35.8. The number of aliphatic carboxylic acids is 1. The minimum absolute atomic E-state index is 0.0185. The first-order valence-corrected chi connectivity index (χ1v) is 11.1. The van der Waals surface area contributed by atoms with Gasteiger partial charge in [-0.2, -0.15) is 0 Å². The number of carbonyl (C=O) groups excluding carboxylic acids is 2. The third-order valence-electron chi connectivity index (χ3n) is 5.91. The molecule has 32 heavy (non-hydrogen) atoms. The summed E-state index contributed by atoms with van der Waals surface area (Å²) in [6, 6.07) is 15.2. The molecule has 2 amide bonds. The second-order valence-electron chi connectivity index (χ2n) is 7.98. The lowest BCUT2D eigenvalue weighted by Gasteiger charge is -2.22. The molecule has 2 aromatic carbocycles. The number of alkyl carbamates (subject to hydrolysis) is 1. The highest BCUT2D eigenvalue weighted by Gasteiger charge is 2.29. The van der Waals surface area contributed by atoms with E-state index in [2.05, 4.69) is 22.8 Å². The molecule has 0 saturated heterocycles. The standard InChI is InChI=1S/C25H30N2O5/c1-3-16(13-14-23(28)29)26-24(30)22(4-2)27-25(31)32-15-21-19-11-7-5-9-17(19)18-10-6-8-12-20(18)21/h5-12,16,21-22H,3-4,13-15H2,1-2H3,(H,26,30)(H,27,31)(H,28,29). The van der Waals surface area contributed by atoms with Crippen LogP contribution in [0.5, 0.6) is 0 Å². The summed E-state index contributed by atoms with van der Waals surface area (Å²) in [5, 5.41) is 14.3. The molecular formula is C25H30N2O5. The Kier molecular flexibility index (Phi) is 7.87. The van der Waals surface area contributed by atoms with Crippen molar-refractivity contribution in [3.63, 3.8) is 0 Å². The van der Waals surface area contributed by atoms with Gasteiger partial charge < -0.3 is 20.5 Å². The Hall–Kier alpha value is -3.35. The van der Waals surface area contributed by atoms with E-state index < -0.39 is 18.1 Å². The maximum atomic E-state index is 12.6. The highest BCUT2D eigenvalue weighted by molar-refractivity contribution is 5.86. The molecular weight excluding hydrogens is 408 g/mol. The Morgan fingerprint density at radius 2 is 1.53 bits per heavy atom. The number of carboxylic acids is 1. The van der Waals surface area contributed by atoms with Gasteiger partial charge in [0.1, 0.15) is 12.6 Å². The van der Waals surface area contributed by atoms with Crippen molar-refractivity contribution in [3.05, 3.63) is 59.7 Å². The van der Waals surface area contributed by atoms with Crippen LogP contribution in [0.1, 0.15) is 56.6 Å². The van der Waals surface area contributed by atoms with Gasteiger partial charge in [-0.15, -0.1) is 0 Å². The van der Waals surface area contributed by atoms with Gasteiger partial charge in [-0.3, -0.25) is 9.59 Å². The molecule has 0 aliphatic heterocycles. The molecule has 0 aromatic heterocycles. The van der Waals surface area contributed by atoms with Crippen molar-refractivity contribution < 1.29 is 24.2 Å². The number of amides is 2. The number of fused-ring (bicyclic) bond motifs is 3. The molecule has 0 heterocycles. The molecule has 2 unspecified atom stereocenters. The van der Waals surface area contributed by atoms with Crippen molar-refractivity contribution in [2.75, 3.05) is 6.61 Å². The average molecular weight is 439 g/mol. The van der Waals surface area contributed by atoms with Crippen LogP contribution in [-0.2, 0) is 14.3 Å².